The molecule has 2 N–H and O–H groups in total. The van der Waals surface area contributed by atoms with Crippen molar-refractivity contribution in [1.82, 2.24) is 4.98 Å². The maximum Gasteiger partial charge on any atom is 0.0983 e. The predicted octanol–water partition coefficient (Wildman–Crippen LogP) is 4.23. The average molecular weight is 319 g/mol. The summed E-state index contributed by atoms with van der Waals surface area (Å²) < 4.78 is 2.27. The highest BCUT2D eigenvalue weighted by Crippen LogP contribution is 2.27. The quantitative estimate of drug-likeness (QED) is 0.718. The Bertz CT molecular complexity index is 706. The minimum Gasteiger partial charge on any atom is -0.398 e. The summed E-state index contributed by atoms with van der Waals surface area (Å²) in [5, 5.41) is 1.10. The van der Waals surface area contributed by atoms with Crippen LogP contribution in [0.1, 0.15) is 10.6 Å². The molecular weight excluding hydrogens is 308 g/mol. The van der Waals surface area contributed by atoms with Crippen molar-refractivity contribution in [2.75, 3.05) is 5.73 Å². The molecule has 1 heterocycles. The van der Waals surface area contributed by atoms with Crippen molar-refractivity contribution in [3.8, 4) is 0 Å². The first-order valence-corrected chi connectivity index (χ1v) is 7.22. The Morgan fingerprint density at radius 3 is 2.83 bits per heavy atom. The van der Waals surface area contributed by atoms with E-state index in [1.54, 1.807) is 11.3 Å². The normalized spacial score (nSPS) is 10.9. The van der Waals surface area contributed by atoms with Gasteiger partial charge in [-0.05, 0) is 29.8 Å². The third kappa shape index (κ3) is 2.26. The number of nitrogens with zero attached hydrogens (tertiary/aromatic N) is 1. The van der Waals surface area contributed by atoms with Gasteiger partial charge in [-0.2, -0.15) is 0 Å². The second kappa shape index (κ2) is 4.71. The lowest BCUT2D eigenvalue weighted by Gasteiger charge is -2.01. The van der Waals surface area contributed by atoms with Gasteiger partial charge in [0.1, 0.15) is 0 Å². The molecule has 0 fully saturated rings. The third-order valence-corrected chi connectivity index (χ3v) is 4.32. The van der Waals surface area contributed by atoms with E-state index in [-0.39, 0.29) is 0 Å². The Labute approximate surface area is 118 Å². The van der Waals surface area contributed by atoms with Crippen molar-refractivity contribution in [2.45, 2.75) is 6.42 Å². The molecule has 3 aromatic rings. The van der Waals surface area contributed by atoms with Crippen LogP contribution in [0.15, 0.2) is 46.9 Å². The molecule has 0 aliphatic carbocycles. The second-order valence-electron chi connectivity index (χ2n) is 4.10. The van der Waals surface area contributed by atoms with E-state index >= 15 is 0 Å². The van der Waals surface area contributed by atoms with Gasteiger partial charge < -0.3 is 5.73 Å². The molecule has 1 aromatic heterocycles. The topological polar surface area (TPSA) is 38.9 Å². The van der Waals surface area contributed by atoms with E-state index in [1.165, 1.54) is 4.70 Å². The molecular formula is C14H11BrN2S. The Morgan fingerprint density at radius 1 is 1.17 bits per heavy atom. The summed E-state index contributed by atoms with van der Waals surface area (Å²) in [4.78, 5) is 4.64. The van der Waals surface area contributed by atoms with Crippen molar-refractivity contribution in [3.63, 3.8) is 0 Å². The summed E-state index contributed by atoms with van der Waals surface area (Å²) in [6.07, 6.45) is 0.795. The number of halogens is 1. The van der Waals surface area contributed by atoms with Gasteiger partial charge in [0.05, 0.1) is 15.2 Å². The Morgan fingerprint density at radius 2 is 2.00 bits per heavy atom. The second-order valence-corrected chi connectivity index (χ2v) is 6.13. The van der Waals surface area contributed by atoms with Gasteiger partial charge in [-0.3, -0.25) is 0 Å². The number of rotatable bonds is 2. The van der Waals surface area contributed by atoms with E-state index in [4.69, 9.17) is 5.73 Å². The zero-order valence-corrected chi connectivity index (χ0v) is 12.0. The zero-order chi connectivity index (χ0) is 12.5. The molecule has 0 aliphatic rings. The number of nitrogen functional groups attached to an aromatic ring is 1. The summed E-state index contributed by atoms with van der Waals surface area (Å²) in [6, 6.07) is 14.1. The highest BCUT2D eigenvalue weighted by Gasteiger charge is 2.06. The maximum absolute atomic E-state index is 5.96. The minimum atomic E-state index is 0.795. The molecule has 0 radical (unpaired) electrons. The largest absolute Gasteiger partial charge is 0.398 e. The van der Waals surface area contributed by atoms with Crippen molar-refractivity contribution in [1.29, 1.82) is 0 Å². The highest BCUT2D eigenvalue weighted by atomic mass is 79.9. The van der Waals surface area contributed by atoms with Crippen LogP contribution < -0.4 is 5.73 Å². The number of anilines is 1. The number of nitrogens with two attached hydrogens (primary N) is 1. The summed E-state index contributed by atoms with van der Waals surface area (Å²) in [7, 11) is 0. The molecule has 0 unspecified atom stereocenters. The molecule has 2 aromatic carbocycles. The Kier molecular flexibility index (Phi) is 3.06. The van der Waals surface area contributed by atoms with E-state index < -0.39 is 0 Å². The number of hydrogen-bond acceptors (Lipinski definition) is 3. The van der Waals surface area contributed by atoms with Crippen molar-refractivity contribution in [3.05, 3.63) is 57.5 Å². The summed E-state index contributed by atoms with van der Waals surface area (Å²) >= 11 is 5.19. The number of thiazole rings is 1. The first kappa shape index (κ1) is 11.7. The van der Waals surface area contributed by atoms with Gasteiger partial charge in [0.25, 0.3) is 0 Å². The summed E-state index contributed by atoms with van der Waals surface area (Å²) in [5.41, 5.74) is 8.96. The number of benzene rings is 2. The molecule has 3 rings (SSSR count). The first-order chi connectivity index (χ1) is 8.72. The SMILES string of the molecule is Nc1ccccc1Cc1nc2cc(Br)ccc2s1. The van der Waals surface area contributed by atoms with Crippen LogP contribution in [0, 0.1) is 0 Å². The number of hydrogen-bond donors (Lipinski definition) is 1. The lowest BCUT2D eigenvalue weighted by atomic mass is 10.1. The molecule has 0 amide bonds. The van der Waals surface area contributed by atoms with Crippen molar-refractivity contribution in [2.24, 2.45) is 0 Å². The molecule has 0 saturated heterocycles. The van der Waals surface area contributed by atoms with E-state index in [9.17, 15) is 0 Å². The van der Waals surface area contributed by atoms with Gasteiger partial charge in [-0.25, -0.2) is 4.98 Å². The lowest BCUT2D eigenvalue weighted by molar-refractivity contribution is 1.16. The van der Waals surface area contributed by atoms with E-state index in [0.717, 1.165) is 32.7 Å². The van der Waals surface area contributed by atoms with Gasteiger partial charge in [0, 0.05) is 16.6 Å². The van der Waals surface area contributed by atoms with Crippen molar-refractivity contribution >= 4 is 43.2 Å². The van der Waals surface area contributed by atoms with Gasteiger partial charge in [-0.1, -0.05) is 34.1 Å². The smallest absolute Gasteiger partial charge is 0.0983 e. The Balaban J connectivity index is 1.98. The van der Waals surface area contributed by atoms with E-state index in [2.05, 4.69) is 33.0 Å². The van der Waals surface area contributed by atoms with E-state index in [1.807, 2.05) is 30.3 Å². The van der Waals surface area contributed by atoms with Gasteiger partial charge in [-0.15, -0.1) is 11.3 Å². The fraction of sp³-hybridized carbons (Fsp3) is 0.0714. The van der Waals surface area contributed by atoms with Gasteiger partial charge >= 0.3 is 0 Å². The van der Waals surface area contributed by atoms with Crippen LogP contribution in [0.4, 0.5) is 5.69 Å². The standard InChI is InChI=1S/C14H11BrN2S/c15-10-5-6-13-12(8-10)17-14(18-13)7-9-3-1-2-4-11(9)16/h1-6,8H,7,16H2. The highest BCUT2D eigenvalue weighted by molar-refractivity contribution is 9.10. The lowest BCUT2D eigenvalue weighted by Crippen LogP contribution is -1.94. The first-order valence-electron chi connectivity index (χ1n) is 5.61. The van der Waals surface area contributed by atoms with Crippen LogP contribution in [0.25, 0.3) is 10.2 Å². The van der Waals surface area contributed by atoms with Crippen LogP contribution in [0.2, 0.25) is 0 Å². The monoisotopic (exact) mass is 318 g/mol. The zero-order valence-electron chi connectivity index (χ0n) is 9.56. The summed E-state index contributed by atoms with van der Waals surface area (Å²) in [5.74, 6) is 0. The molecule has 0 atom stereocenters. The van der Waals surface area contributed by atoms with Crippen LogP contribution in [-0.4, -0.2) is 4.98 Å². The predicted molar refractivity (Wildman–Crippen MR) is 81.0 cm³/mol. The van der Waals surface area contributed by atoms with Crippen LogP contribution in [0.5, 0.6) is 0 Å². The molecule has 90 valence electrons. The number of fused-ring (bicyclic) bond motifs is 1. The molecule has 0 aliphatic heterocycles. The van der Waals surface area contributed by atoms with Crippen LogP contribution in [-0.2, 0) is 6.42 Å². The molecule has 0 spiro atoms. The third-order valence-electron chi connectivity index (χ3n) is 2.79. The molecule has 2 nitrogen and oxygen atoms in total. The summed E-state index contributed by atoms with van der Waals surface area (Å²) in [6.45, 7) is 0. The van der Waals surface area contributed by atoms with Gasteiger partial charge in [0.2, 0.25) is 0 Å². The minimum absolute atomic E-state index is 0.795. The van der Waals surface area contributed by atoms with E-state index in [0.29, 0.717) is 0 Å². The van der Waals surface area contributed by atoms with Crippen molar-refractivity contribution < 1.29 is 0 Å². The van der Waals surface area contributed by atoms with Gasteiger partial charge in [0.15, 0.2) is 0 Å². The fourth-order valence-corrected chi connectivity index (χ4v) is 3.20. The Hall–Kier alpha value is -1.39. The fourth-order valence-electron chi connectivity index (χ4n) is 1.88. The molecule has 0 saturated carbocycles. The molecule has 18 heavy (non-hydrogen) atoms. The van der Waals surface area contributed by atoms with Crippen LogP contribution in [0.3, 0.4) is 0 Å². The molecule has 4 heteroatoms. The van der Waals surface area contributed by atoms with Crippen LogP contribution >= 0.6 is 27.3 Å². The average Bonchev–Trinajstić information content (AvgIpc) is 2.73. The number of para-hydroxylation sites is 1. The maximum atomic E-state index is 5.96. The molecule has 0 bridgehead atoms. The number of aromatic nitrogens is 1.